The zero-order chi connectivity index (χ0) is 15.4. The highest BCUT2D eigenvalue weighted by Crippen LogP contribution is 2.24. The number of urea groups is 1. The lowest BCUT2D eigenvalue weighted by atomic mass is 9.86. The zero-order valence-electron chi connectivity index (χ0n) is 13.0. The van der Waals surface area contributed by atoms with E-state index in [1.807, 2.05) is 4.90 Å². The van der Waals surface area contributed by atoms with Crippen molar-refractivity contribution in [2.45, 2.75) is 51.1 Å². The van der Waals surface area contributed by atoms with E-state index in [1.165, 1.54) is 0 Å². The fourth-order valence-corrected chi connectivity index (χ4v) is 3.48. The number of nitrogens with zero attached hydrogens (tertiary/aromatic N) is 2. The first kappa shape index (κ1) is 16.1. The van der Waals surface area contributed by atoms with Crippen LogP contribution in [0.5, 0.6) is 0 Å². The van der Waals surface area contributed by atoms with Gasteiger partial charge in [0.05, 0.1) is 5.92 Å². The van der Waals surface area contributed by atoms with E-state index in [1.54, 1.807) is 0 Å². The lowest BCUT2D eigenvalue weighted by Crippen LogP contribution is -2.51. The minimum absolute atomic E-state index is 0.000493. The van der Waals surface area contributed by atoms with Crippen LogP contribution in [0, 0.1) is 5.92 Å². The Bertz CT molecular complexity index is 388. The van der Waals surface area contributed by atoms with E-state index in [0.29, 0.717) is 6.42 Å². The first-order valence-corrected chi connectivity index (χ1v) is 7.96. The van der Waals surface area contributed by atoms with Crippen molar-refractivity contribution >= 4 is 12.0 Å². The van der Waals surface area contributed by atoms with Gasteiger partial charge in [-0.15, -0.1) is 0 Å². The average molecular weight is 297 g/mol. The fourth-order valence-electron chi connectivity index (χ4n) is 3.48. The molecule has 1 aliphatic carbocycles. The van der Waals surface area contributed by atoms with Gasteiger partial charge in [-0.05, 0) is 46.2 Å². The number of hydrogen-bond donors (Lipinski definition) is 2. The molecule has 2 rings (SSSR count). The van der Waals surface area contributed by atoms with Gasteiger partial charge in [-0.25, -0.2) is 4.79 Å². The lowest BCUT2D eigenvalue weighted by Gasteiger charge is -2.32. The highest BCUT2D eigenvalue weighted by molar-refractivity contribution is 5.75. The Morgan fingerprint density at radius 1 is 1.19 bits per heavy atom. The summed E-state index contributed by atoms with van der Waals surface area (Å²) in [7, 11) is 2.08. The van der Waals surface area contributed by atoms with E-state index in [2.05, 4.69) is 24.2 Å². The van der Waals surface area contributed by atoms with Gasteiger partial charge in [0.15, 0.2) is 0 Å². The third-order valence-electron chi connectivity index (χ3n) is 4.66. The predicted octanol–water partition coefficient (Wildman–Crippen LogP) is 1.37. The second-order valence-electron chi connectivity index (χ2n) is 6.51. The number of carbonyl (C=O) groups excluding carboxylic acids is 1. The summed E-state index contributed by atoms with van der Waals surface area (Å²) < 4.78 is 0. The number of likely N-dealkylation sites (N-methyl/N-ethyl adjacent to an activating group) is 1. The zero-order valence-corrected chi connectivity index (χ0v) is 13.0. The molecule has 0 radical (unpaired) electrons. The standard InChI is InChI=1S/C15H27N3O3/c1-11-10-17(2)7-4-8-18(11)15(21)16-13-6-3-5-12(9-13)14(19)20/h11-13H,3-10H2,1-2H3,(H,16,21)(H,19,20). The second-order valence-corrected chi connectivity index (χ2v) is 6.51. The molecule has 0 aromatic rings. The van der Waals surface area contributed by atoms with Crippen molar-refractivity contribution in [3.8, 4) is 0 Å². The Morgan fingerprint density at radius 2 is 1.95 bits per heavy atom. The third-order valence-corrected chi connectivity index (χ3v) is 4.66. The fraction of sp³-hybridized carbons (Fsp3) is 0.867. The Kier molecular flexibility index (Phi) is 5.45. The molecule has 2 fully saturated rings. The molecule has 3 unspecified atom stereocenters. The quantitative estimate of drug-likeness (QED) is 0.807. The van der Waals surface area contributed by atoms with Crippen LogP contribution >= 0.6 is 0 Å². The number of nitrogens with one attached hydrogen (secondary N) is 1. The van der Waals surface area contributed by atoms with Crippen LogP contribution in [0.3, 0.4) is 0 Å². The summed E-state index contributed by atoms with van der Waals surface area (Å²) in [6.07, 6.45) is 4.03. The summed E-state index contributed by atoms with van der Waals surface area (Å²) in [5.74, 6) is -1.05. The molecule has 2 aliphatic rings. The van der Waals surface area contributed by atoms with Gasteiger partial charge in [0.2, 0.25) is 0 Å². The van der Waals surface area contributed by atoms with Crippen molar-refractivity contribution in [3.63, 3.8) is 0 Å². The molecule has 120 valence electrons. The molecule has 2 N–H and O–H groups in total. The number of carbonyl (C=O) groups is 2. The van der Waals surface area contributed by atoms with Gasteiger partial charge in [0.25, 0.3) is 0 Å². The number of amides is 2. The molecule has 2 amide bonds. The first-order valence-electron chi connectivity index (χ1n) is 7.96. The van der Waals surface area contributed by atoms with E-state index in [4.69, 9.17) is 5.11 Å². The average Bonchev–Trinajstić information content (AvgIpc) is 2.59. The van der Waals surface area contributed by atoms with Crippen molar-refractivity contribution in [1.82, 2.24) is 15.1 Å². The van der Waals surface area contributed by atoms with Crippen molar-refractivity contribution in [2.24, 2.45) is 5.92 Å². The topological polar surface area (TPSA) is 72.9 Å². The van der Waals surface area contributed by atoms with E-state index in [0.717, 1.165) is 45.3 Å². The Labute approximate surface area is 126 Å². The van der Waals surface area contributed by atoms with E-state index >= 15 is 0 Å². The molecule has 3 atom stereocenters. The number of carboxylic acids is 1. The smallest absolute Gasteiger partial charge is 0.317 e. The molecular weight excluding hydrogens is 270 g/mol. The van der Waals surface area contributed by atoms with Crippen LogP contribution in [0.25, 0.3) is 0 Å². The van der Waals surface area contributed by atoms with Crippen molar-refractivity contribution in [3.05, 3.63) is 0 Å². The number of aliphatic carboxylic acids is 1. The molecule has 6 nitrogen and oxygen atoms in total. The second kappa shape index (κ2) is 7.11. The molecular formula is C15H27N3O3. The summed E-state index contributed by atoms with van der Waals surface area (Å²) in [6.45, 7) is 4.74. The van der Waals surface area contributed by atoms with Crippen LogP contribution in [-0.4, -0.2) is 65.7 Å². The molecule has 21 heavy (non-hydrogen) atoms. The molecule has 1 saturated carbocycles. The SMILES string of the molecule is CC1CN(C)CCCN1C(=O)NC1CCCC(C(=O)O)C1. The molecule has 0 aromatic heterocycles. The van der Waals surface area contributed by atoms with E-state index < -0.39 is 5.97 Å². The van der Waals surface area contributed by atoms with Crippen LogP contribution in [0.2, 0.25) is 0 Å². The highest BCUT2D eigenvalue weighted by atomic mass is 16.4. The molecule has 0 bridgehead atoms. The van der Waals surface area contributed by atoms with Crippen LogP contribution in [0.4, 0.5) is 4.79 Å². The Balaban J connectivity index is 1.89. The van der Waals surface area contributed by atoms with Gasteiger partial charge in [0.1, 0.15) is 0 Å². The maximum absolute atomic E-state index is 12.5. The van der Waals surface area contributed by atoms with Gasteiger partial charge < -0.3 is 20.2 Å². The van der Waals surface area contributed by atoms with Gasteiger partial charge in [-0.1, -0.05) is 6.42 Å². The van der Waals surface area contributed by atoms with Gasteiger partial charge >= 0.3 is 12.0 Å². The normalized spacial score (nSPS) is 31.5. The maximum Gasteiger partial charge on any atom is 0.317 e. The minimum Gasteiger partial charge on any atom is -0.481 e. The monoisotopic (exact) mass is 297 g/mol. The third kappa shape index (κ3) is 4.33. The molecule has 0 spiro atoms. The minimum atomic E-state index is -0.737. The summed E-state index contributed by atoms with van der Waals surface area (Å²) in [5.41, 5.74) is 0. The van der Waals surface area contributed by atoms with Crippen molar-refractivity contribution in [1.29, 1.82) is 0 Å². The summed E-state index contributed by atoms with van der Waals surface area (Å²) in [5, 5.41) is 12.2. The molecule has 1 aliphatic heterocycles. The number of hydrogen-bond acceptors (Lipinski definition) is 3. The summed E-state index contributed by atoms with van der Waals surface area (Å²) in [6, 6.07) is 0.158. The Morgan fingerprint density at radius 3 is 2.67 bits per heavy atom. The molecule has 0 aromatic carbocycles. The van der Waals surface area contributed by atoms with E-state index in [-0.39, 0.29) is 24.0 Å². The Hall–Kier alpha value is -1.30. The van der Waals surface area contributed by atoms with Gasteiger partial charge in [-0.2, -0.15) is 0 Å². The summed E-state index contributed by atoms with van der Waals surface area (Å²) >= 11 is 0. The van der Waals surface area contributed by atoms with Crippen LogP contribution < -0.4 is 5.32 Å². The number of rotatable bonds is 2. The van der Waals surface area contributed by atoms with Crippen LogP contribution in [-0.2, 0) is 4.79 Å². The van der Waals surface area contributed by atoms with Crippen molar-refractivity contribution in [2.75, 3.05) is 26.7 Å². The highest BCUT2D eigenvalue weighted by Gasteiger charge is 2.30. The van der Waals surface area contributed by atoms with Crippen LogP contribution in [0.15, 0.2) is 0 Å². The van der Waals surface area contributed by atoms with Gasteiger partial charge in [-0.3, -0.25) is 4.79 Å². The van der Waals surface area contributed by atoms with Crippen molar-refractivity contribution < 1.29 is 14.7 Å². The van der Waals surface area contributed by atoms with Crippen LogP contribution in [0.1, 0.15) is 39.0 Å². The first-order chi connectivity index (χ1) is 9.97. The number of carboxylic acid groups (broad SMARTS) is 1. The lowest BCUT2D eigenvalue weighted by molar-refractivity contribution is -0.143. The summed E-state index contributed by atoms with van der Waals surface area (Å²) in [4.78, 5) is 27.7. The van der Waals surface area contributed by atoms with E-state index in [9.17, 15) is 9.59 Å². The van der Waals surface area contributed by atoms with Gasteiger partial charge in [0, 0.05) is 25.2 Å². The predicted molar refractivity (Wildman–Crippen MR) is 80.2 cm³/mol. The molecule has 1 saturated heterocycles. The molecule has 6 heteroatoms. The molecule has 1 heterocycles. The maximum atomic E-state index is 12.5. The largest absolute Gasteiger partial charge is 0.481 e.